The van der Waals surface area contributed by atoms with Gasteiger partial charge in [-0.2, -0.15) is 0 Å². The van der Waals surface area contributed by atoms with Gasteiger partial charge < -0.3 is 15.6 Å². The number of aliphatic hydroxyl groups excluding tert-OH is 1. The predicted octanol–water partition coefficient (Wildman–Crippen LogP) is 3.19. The van der Waals surface area contributed by atoms with Gasteiger partial charge in [0.25, 0.3) is 0 Å². The molecule has 5 heteroatoms. The zero-order valence-electron chi connectivity index (χ0n) is 11.2. The Hall–Kier alpha value is -1.78. The van der Waals surface area contributed by atoms with Crippen molar-refractivity contribution in [1.29, 1.82) is 0 Å². The Morgan fingerprint density at radius 2 is 2.15 bits per heavy atom. The van der Waals surface area contributed by atoms with Gasteiger partial charge in [0, 0.05) is 28.0 Å². The standard InChI is InChI=1S/C15H17ClN2O2/c1-2-5-20-12-6-10(8-18-9-12)15(19)13-4-3-11(16)7-14(13)17/h3-4,6-9,15,19H,2,5,17H2,1H3. The molecule has 1 unspecified atom stereocenters. The lowest BCUT2D eigenvalue weighted by molar-refractivity contribution is 0.219. The molecule has 1 atom stereocenters. The molecule has 0 saturated carbocycles. The van der Waals surface area contributed by atoms with Crippen LogP contribution in [0.3, 0.4) is 0 Å². The molecule has 0 fully saturated rings. The van der Waals surface area contributed by atoms with Gasteiger partial charge in [-0.25, -0.2) is 0 Å². The van der Waals surface area contributed by atoms with Gasteiger partial charge in [0.1, 0.15) is 11.9 Å². The summed E-state index contributed by atoms with van der Waals surface area (Å²) in [6.45, 7) is 2.64. The fraction of sp³-hybridized carbons (Fsp3) is 0.267. The summed E-state index contributed by atoms with van der Waals surface area (Å²) in [5.74, 6) is 0.635. The van der Waals surface area contributed by atoms with Gasteiger partial charge in [-0.3, -0.25) is 4.98 Å². The van der Waals surface area contributed by atoms with Crippen LogP contribution in [-0.2, 0) is 0 Å². The van der Waals surface area contributed by atoms with Crippen LogP contribution in [0.15, 0.2) is 36.7 Å². The highest BCUT2D eigenvalue weighted by molar-refractivity contribution is 6.30. The molecule has 3 N–H and O–H groups in total. The van der Waals surface area contributed by atoms with Gasteiger partial charge in [-0.15, -0.1) is 0 Å². The topological polar surface area (TPSA) is 68.4 Å². The molecule has 0 radical (unpaired) electrons. The zero-order chi connectivity index (χ0) is 14.5. The number of aliphatic hydroxyl groups is 1. The lowest BCUT2D eigenvalue weighted by Crippen LogP contribution is -2.05. The molecule has 0 aliphatic carbocycles. The molecular weight excluding hydrogens is 276 g/mol. The van der Waals surface area contributed by atoms with Gasteiger partial charge in [-0.1, -0.05) is 24.6 Å². The number of aromatic nitrogens is 1. The molecule has 0 saturated heterocycles. The highest BCUT2D eigenvalue weighted by Gasteiger charge is 2.15. The predicted molar refractivity (Wildman–Crippen MR) is 79.9 cm³/mol. The van der Waals surface area contributed by atoms with E-state index >= 15 is 0 Å². The number of benzene rings is 1. The normalized spacial score (nSPS) is 12.2. The van der Waals surface area contributed by atoms with E-state index in [4.69, 9.17) is 22.1 Å². The number of anilines is 1. The van der Waals surface area contributed by atoms with Crippen LogP contribution < -0.4 is 10.5 Å². The highest BCUT2D eigenvalue weighted by Crippen LogP contribution is 2.29. The van der Waals surface area contributed by atoms with Crippen LogP contribution in [0.5, 0.6) is 5.75 Å². The summed E-state index contributed by atoms with van der Waals surface area (Å²) in [5.41, 5.74) is 7.56. The Morgan fingerprint density at radius 1 is 1.35 bits per heavy atom. The van der Waals surface area contributed by atoms with E-state index in [0.717, 1.165) is 6.42 Å². The van der Waals surface area contributed by atoms with Crippen molar-refractivity contribution >= 4 is 17.3 Å². The van der Waals surface area contributed by atoms with Crippen molar-refractivity contribution in [2.75, 3.05) is 12.3 Å². The molecule has 2 rings (SSSR count). The second-order valence-corrected chi connectivity index (χ2v) is 4.91. The first-order chi connectivity index (χ1) is 9.61. The van der Waals surface area contributed by atoms with Crippen molar-refractivity contribution in [2.45, 2.75) is 19.4 Å². The van der Waals surface area contributed by atoms with E-state index in [-0.39, 0.29) is 0 Å². The number of nitrogen functional groups attached to an aromatic ring is 1. The van der Waals surface area contributed by atoms with E-state index < -0.39 is 6.10 Å². The van der Waals surface area contributed by atoms with Crippen molar-refractivity contribution in [1.82, 2.24) is 4.98 Å². The smallest absolute Gasteiger partial charge is 0.137 e. The molecule has 0 aliphatic heterocycles. The summed E-state index contributed by atoms with van der Waals surface area (Å²) in [7, 11) is 0. The molecule has 20 heavy (non-hydrogen) atoms. The van der Waals surface area contributed by atoms with Crippen LogP contribution in [0.2, 0.25) is 5.02 Å². The highest BCUT2D eigenvalue weighted by atomic mass is 35.5. The monoisotopic (exact) mass is 292 g/mol. The number of hydrogen-bond donors (Lipinski definition) is 2. The SMILES string of the molecule is CCCOc1cncc(C(O)c2ccc(Cl)cc2N)c1. The Labute approximate surface area is 123 Å². The fourth-order valence-electron chi connectivity index (χ4n) is 1.86. The maximum absolute atomic E-state index is 10.4. The van der Waals surface area contributed by atoms with E-state index in [0.29, 0.717) is 34.2 Å². The third-order valence-electron chi connectivity index (χ3n) is 2.87. The average molecular weight is 293 g/mol. The number of nitrogens with zero attached hydrogens (tertiary/aromatic N) is 1. The summed E-state index contributed by atoms with van der Waals surface area (Å²) in [5, 5.41) is 10.9. The van der Waals surface area contributed by atoms with Gasteiger partial charge in [0.15, 0.2) is 0 Å². The molecule has 2 aromatic rings. The zero-order valence-corrected chi connectivity index (χ0v) is 12.0. The van der Waals surface area contributed by atoms with Crippen LogP contribution >= 0.6 is 11.6 Å². The summed E-state index contributed by atoms with van der Waals surface area (Å²) in [4.78, 5) is 4.08. The minimum atomic E-state index is -0.857. The maximum Gasteiger partial charge on any atom is 0.137 e. The molecule has 4 nitrogen and oxygen atoms in total. The number of ether oxygens (including phenoxy) is 1. The molecular formula is C15H17ClN2O2. The lowest BCUT2D eigenvalue weighted by Gasteiger charge is -2.15. The second kappa shape index (κ2) is 6.59. The molecule has 1 heterocycles. The maximum atomic E-state index is 10.4. The summed E-state index contributed by atoms with van der Waals surface area (Å²) in [6.07, 6.45) is 3.27. The quantitative estimate of drug-likeness (QED) is 0.831. The van der Waals surface area contributed by atoms with Gasteiger partial charge in [0.05, 0.1) is 12.8 Å². The van der Waals surface area contributed by atoms with E-state index in [2.05, 4.69) is 4.98 Å². The first kappa shape index (κ1) is 14.6. The van der Waals surface area contributed by atoms with Crippen molar-refractivity contribution in [3.05, 3.63) is 52.8 Å². The Balaban J connectivity index is 2.26. The van der Waals surface area contributed by atoms with Crippen LogP contribution in [0.25, 0.3) is 0 Å². The Morgan fingerprint density at radius 3 is 2.85 bits per heavy atom. The van der Waals surface area contributed by atoms with E-state index in [1.54, 1.807) is 36.7 Å². The first-order valence-corrected chi connectivity index (χ1v) is 6.80. The largest absolute Gasteiger partial charge is 0.492 e. The molecule has 1 aromatic heterocycles. The number of pyridine rings is 1. The van der Waals surface area contributed by atoms with Crippen molar-refractivity contribution in [3.8, 4) is 5.75 Å². The average Bonchev–Trinajstić information content (AvgIpc) is 2.45. The van der Waals surface area contributed by atoms with Crippen LogP contribution in [-0.4, -0.2) is 16.7 Å². The lowest BCUT2D eigenvalue weighted by atomic mass is 10.0. The fourth-order valence-corrected chi connectivity index (χ4v) is 2.04. The van der Waals surface area contributed by atoms with Crippen LogP contribution in [0, 0.1) is 0 Å². The molecule has 106 valence electrons. The Bertz CT molecular complexity index is 590. The van der Waals surface area contributed by atoms with Gasteiger partial charge in [-0.05, 0) is 24.6 Å². The molecule has 0 aliphatic rings. The van der Waals surface area contributed by atoms with Crippen LogP contribution in [0.1, 0.15) is 30.6 Å². The summed E-state index contributed by atoms with van der Waals surface area (Å²) < 4.78 is 5.51. The summed E-state index contributed by atoms with van der Waals surface area (Å²) in [6, 6.07) is 6.79. The third kappa shape index (κ3) is 3.40. The van der Waals surface area contributed by atoms with E-state index in [9.17, 15) is 5.11 Å². The van der Waals surface area contributed by atoms with Gasteiger partial charge >= 0.3 is 0 Å². The van der Waals surface area contributed by atoms with Crippen LogP contribution in [0.4, 0.5) is 5.69 Å². The summed E-state index contributed by atoms with van der Waals surface area (Å²) >= 11 is 5.86. The Kier molecular flexibility index (Phi) is 4.82. The molecule has 0 spiro atoms. The number of hydrogen-bond acceptors (Lipinski definition) is 4. The van der Waals surface area contributed by atoms with Gasteiger partial charge in [0.2, 0.25) is 0 Å². The minimum absolute atomic E-state index is 0.449. The number of halogens is 1. The van der Waals surface area contributed by atoms with E-state index in [1.807, 2.05) is 6.92 Å². The second-order valence-electron chi connectivity index (χ2n) is 4.48. The number of rotatable bonds is 5. The molecule has 0 bridgehead atoms. The van der Waals surface area contributed by atoms with Crippen molar-refractivity contribution < 1.29 is 9.84 Å². The van der Waals surface area contributed by atoms with Crippen molar-refractivity contribution in [3.63, 3.8) is 0 Å². The third-order valence-corrected chi connectivity index (χ3v) is 3.10. The molecule has 0 amide bonds. The number of nitrogens with two attached hydrogens (primary N) is 1. The first-order valence-electron chi connectivity index (χ1n) is 6.42. The van der Waals surface area contributed by atoms with Crippen molar-refractivity contribution in [2.24, 2.45) is 0 Å². The van der Waals surface area contributed by atoms with E-state index in [1.165, 1.54) is 0 Å². The molecule has 1 aromatic carbocycles. The minimum Gasteiger partial charge on any atom is -0.492 e.